The number of nitrogens with one attached hydrogen (secondary N) is 3. The summed E-state index contributed by atoms with van der Waals surface area (Å²) in [7, 11) is 0. The van der Waals surface area contributed by atoms with Crippen LogP contribution in [0.25, 0.3) is 11.0 Å². The summed E-state index contributed by atoms with van der Waals surface area (Å²) in [6, 6.07) is 4.49. The summed E-state index contributed by atoms with van der Waals surface area (Å²) < 4.78 is 19.6. The van der Waals surface area contributed by atoms with E-state index in [-0.39, 0.29) is 29.8 Å². The highest BCUT2D eigenvalue weighted by atomic mass is 19.1. The molecule has 1 atom stereocenters. The molecule has 1 unspecified atom stereocenters. The fourth-order valence-electron chi connectivity index (χ4n) is 4.04. The van der Waals surface area contributed by atoms with Crippen molar-refractivity contribution < 1.29 is 13.9 Å². The third-order valence-electron chi connectivity index (χ3n) is 5.34. The van der Waals surface area contributed by atoms with Gasteiger partial charge in [0.15, 0.2) is 0 Å². The lowest BCUT2D eigenvalue weighted by atomic mass is 9.86. The number of aryl methyl sites for hydroxylation is 1. The van der Waals surface area contributed by atoms with Crippen molar-refractivity contribution in [3.05, 3.63) is 41.6 Å². The average molecular weight is 426 g/mol. The van der Waals surface area contributed by atoms with Crippen LogP contribution in [0.15, 0.2) is 24.5 Å². The maximum absolute atomic E-state index is 13.8. The van der Waals surface area contributed by atoms with E-state index in [2.05, 4.69) is 25.6 Å². The minimum Gasteiger partial charge on any atom is -0.489 e. The molecule has 3 aromatic rings. The average Bonchev–Trinajstić information content (AvgIpc) is 3.07. The van der Waals surface area contributed by atoms with Gasteiger partial charge in [-0.05, 0) is 64.7 Å². The first-order valence-corrected chi connectivity index (χ1v) is 10.7. The van der Waals surface area contributed by atoms with Crippen LogP contribution in [0.1, 0.15) is 45.4 Å². The van der Waals surface area contributed by atoms with E-state index in [4.69, 9.17) is 4.74 Å². The summed E-state index contributed by atoms with van der Waals surface area (Å²) in [5.74, 6) is 0.639. The number of H-pyrrole nitrogens is 1. The number of ether oxygens (including phenoxy) is 1. The molecule has 4 rings (SSSR count). The molecule has 0 saturated heterocycles. The fraction of sp³-hybridized carbons (Fsp3) is 0.435. The van der Waals surface area contributed by atoms with E-state index in [1.165, 1.54) is 18.5 Å². The number of halogens is 1. The second kappa shape index (κ2) is 8.53. The van der Waals surface area contributed by atoms with Crippen molar-refractivity contribution in [1.82, 2.24) is 20.3 Å². The standard InChI is InChI=1S/C23H28FN5O2/c1-12(2)27-23(30)14-5-7-17-16(9-14)20-21(28-17)25-11-26-22(20)29-18-8-6-15(24)10-19(18)31-13(3)4/h6,8,10-14H,5,7,9H2,1-4H3,(H,27,30)(H2,25,26,28,29). The van der Waals surface area contributed by atoms with Crippen molar-refractivity contribution in [2.45, 2.75) is 59.1 Å². The summed E-state index contributed by atoms with van der Waals surface area (Å²) in [5.41, 5.74) is 3.49. The van der Waals surface area contributed by atoms with Gasteiger partial charge >= 0.3 is 0 Å². The molecular formula is C23H28FN5O2. The van der Waals surface area contributed by atoms with E-state index >= 15 is 0 Å². The molecule has 0 saturated carbocycles. The molecule has 31 heavy (non-hydrogen) atoms. The van der Waals surface area contributed by atoms with Crippen LogP contribution in [-0.2, 0) is 17.6 Å². The molecule has 1 aromatic carbocycles. The number of fused-ring (bicyclic) bond motifs is 3. The molecule has 8 heteroatoms. The maximum Gasteiger partial charge on any atom is 0.223 e. The van der Waals surface area contributed by atoms with Crippen molar-refractivity contribution in [2.24, 2.45) is 5.92 Å². The van der Waals surface area contributed by atoms with Gasteiger partial charge in [0, 0.05) is 23.7 Å². The summed E-state index contributed by atoms with van der Waals surface area (Å²) in [5, 5.41) is 7.18. The van der Waals surface area contributed by atoms with E-state index in [1.807, 2.05) is 27.7 Å². The van der Waals surface area contributed by atoms with Gasteiger partial charge < -0.3 is 20.4 Å². The number of benzene rings is 1. The zero-order valence-electron chi connectivity index (χ0n) is 18.3. The fourth-order valence-corrected chi connectivity index (χ4v) is 4.04. The molecule has 0 bridgehead atoms. The second-order valence-corrected chi connectivity index (χ2v) is 8.56. The smallest absolute Gasteiger partial charge is 0.223 e. The lowest BCUT2D eigenvalue weighted by molar-refractivity contribution is -0.125. The molecule has 0 spiro atoms. The Bertz CT molecular complexity index is 1110. The summed E-state index contributed by atoms with van der Waals surface area (Å²) in [6.07, 6.45) is 3.57. The predicted octanol–water partition coefficient (Wildman–Crippen LogP) is 4.26. The quantitative estimate of drug-likeness (QED) is 0.549. The summed E-state index contributed by atoms with van der Waals surface area (Å²) >= 11 is 0. The first-order chi connectivity index (χ1) is 14.8. The van der Waals surface area contributed by atoms with Crippen LogP contribution >= 0.6 is 0 Å². The Morgan fingerprint density at radius 2 is 2.06 bits per heavy atom. The van der Waals surface area contributed by atoms with Crippen LogP contribution in [0.3, 0.4) is 0 Å². The number of hydrogen-bond donors (Lipinski definition) is 3. The lowest BCUT2D eigenvalue weighted by Gasteiger charge is -2.23. The number of carbonyl (C=O) groups excluding carboxylic acids is 1. The highest BCUT2D eigenvalue weighted by Crippen LogP contribution is 2.37. The highest BCUT2D eigenvalue weighted by Gasteiger charge is 2.29. The molecule has 7 nitrogen and oxygen atoms in total. The van der Waals surface area contributed by atoms with Gasteiger partial charge in [-0.15, -0.1) is 0 Å². The number of aromatic amines is 1. The van der Waals surface area contributed by atoms with E-state index in [0.29, 0.717) is 23.7 Å². The topological polar surface area (TPSA) is 91.9 Å². The SMILES string of the molecule is CC(C)NC(=O)C1CCc2[nH]c3ncnc(Nc4ccc(F)cc4OC(C)C)c3c2C1. The van der Waals surface area contributed by atoms with Crippen molar-refractivity contribution >= 4 is 28.4 Å². The summed E-state index contributed by atoms with van der Waals surface area (Å²) in [4.78, 5) is 24.8. The van der Waals surface area contributed by atoms with Gasteiger partial charge in [0.2, 0.25) is 5.91 Å². The van der Waals surface area contributed by atoms with Gasteiger partial charge in [0.05, 0.1) is 17.2 Å². The number of hydrogen-bond acceptors (Lipinski definition) is 5. The minimum absolute atomic E-state index is 0.0764. The largest absolute Gasteiger partial charge is 0.489 e. The molecule has 1 aliphatic rings. The molecule has 164 valence electrons. The van der Waals surface area contributed by atoms with E-state index in [9.17, 15) is 9.18 Å². The monoisotopic (exact) mass is 425 g/mol. The molecule has 0 radical (unpaired) electrons. The Hall–Kier alpha value is -3.16. The van der Waals surface area contributed by atoms with Gasteiger partial charge in [-0.1, -0.05) is 0 Å². The van der Waals surface area contributed by atoms with Crippen molar-refractivity contribution in [3.63, 3.8) is 0 Å². The van der Waals surface area contributed by atoms with Gasteiger partial charge in [0.1, 0.15) is 29.4 Å². The van der Waals surface area contributed by atoms with Crippen LogP contribution in [-0.4, -0.2) is 33.0 Å². The third-order valence-corrected chi connectivity index (χ3v) is 5.34. The zero-order chi connectivity index (χ0) is 22.1. The van der Waals surface area contributed by atoms with Crippen LogP contribution in [0.5, 0.6) is 5.75 Å². The summed E-state index contributed by atoms with van der Waals surface area (Å²) in [6.45, 7) is 7.71. The van der Waals surface area contributed by atoms with Crippen LogP contribution < -0.4 is 15.4 Å². The molecule has 0 fully saturated rings. The Labute approximate surface area is 180 Å². The molecule has 1 aliphatic carbocycles. The first kappa shape index (κ1) is 21.1. The number of rotatable bonds is 6. The molecule has 1 amide bonds. The number of anilines is 2. The number of nitrogens with zero attached hydrogens (tertiary/aromatic N) is 2. The van der Waals surface area contributed by atoms with Gasteiger partial charge in [0.25, 0.3) is 0 Å². The van der Waals surface area contributed by atoms with Crippen molar-refractivity contribution in [1.29, 1.82) is 0 Å². The van der Waals surface area contributed by atoms with Crippen molar-refractivity contribution in [3.8, 4) is 5.75 Å². The van der Waals surface area contributed by atoms with Gasteiger partial charge in [-0.3, -0.25) is 4.79 Å². The Morgan fingerprint density at radius 3 is 2.81 bits per heavy atom. The van der Waals surface area contributed by atoms with Crippen LogP contribution in [0.2, 0.25) is 0 Å². The number of aromatic nitrogens is 3. The molecule has 2 aromatic heterocycles. The molecular weight excluding hydrogens is 397 g/mol. The van der Waals surface area contributed by atoms with E-state index in [1.54, 1.807) is 6.07 Å². The van der Waals surface area contributed by atoms with E-state index in [0.717, 1.165) is 35.1 Å². The number of carbonyl (C=O) groups is 1. The van der Waals surface area contributed by atoms with E-state index < -0.39 is 0 Å². The lowest BCUT2D eigenvalue weighted by Crippen LogP contribution is -2.37. The molecule has 0 aliphatic heterocycles. The third kappa shape index (κ3) is 4.47. The molecule has 2 heterocycles. The highest BCUT2D eigenvalue weighted by molar-refractivity contribution is 5.94. The predicted molar refractivity (Wildman–Crippen MR) is 118 cm³/mol. The number of amides is 1. The van der Waals surface area contributed by atoms with Crippen LogP contribution in [0, 0.1) is 11.7 Å². The van der Waals surface area contributed by atoms with Crippen molar-refractivity contribution in [2.75, 3.05) is 5.32 Å². The Balaban J connectivity index is 1.70. The van der Waals surface area contributed by atoms with Crippen LogP contribution in [0.4, 0.5) is 15.9 Å². The van der Waals surface area contributed by atoms with Gasteiger partial charge in [-0.2, -0.15) is 0 Å². The Morgan fingerprint density at radius 1 is 1.26 bits per heavy atom. The van der Waals surface area contributed by atoms with Gasteiger partial charge in [-0.25, -0.2) is 14.4 Å². The zero-order valence-corrected chi connectivity index (χ0v) is 18.3. The second-order valence-electron chi connectivity index (χ2n) is 8.56. The maximum atomic E-state index is 13.8. The Kier molecular flexibility index (Phi) is 5.80. The first-order valence-electron chi connectivity index (χ1n) is 10.7. The molecule has 3 N–H and O–H groups in total. The minimum atomic E-state index is -0.368. The normalized spacial score (nSPS) is 15.9.